The van der Waals surface area contributed by atoms with Crippen LogP contribution in [0.4, 0.5) is 4.39 Å². The second kappa shape index (κ2) is 8.05. The van der Waals surface area contributed by atoms with Crippen LogP contribution in [0.25, 0.3) is 11.1 Å². The molecule has 5 rings (SSSR count). The van der Waals surface area contributed by atoms with E-state index in [-0.39, 0.29) is 11.9 Å². The molecule has 1 atom stereocenters. The first-order valence-corrected chi connectivity index (χ1v) is 10.5. The Kier molecular flexibility index (Phi) is 5.12. The summed E-state index contributed by atoms with van der Waals surface area (Å²) in [7, 11) is 0. The van der Waals surface area contributed by atoms with Crippen molar-refractivity contribution in [2.75, 3.05) is 19.6 Å². The largest absolute Gasteiger partial charge is 0.315 e. The summed E-state index contributed by atoms with van der Waals surface area (Å²) in [5.74, 6) is 2.00. The Labute approximate surface area is 170 Å². The molecule has 0 bridgehead atoms. The molecule has 2 aliphatic rings. The minimum Gasteiger partial charge on any atom is -0.315 e. The van der Waals surface area contributed by atoms with Crippen molar-refractivity contribution in [1.29, 1.82) is 0 Å². The number of benzene rings is 2. The van der Waals surface area contributed by atoms with Crippen molar-refractivity contribution in [3.8, 4) is 11.1 Å². The monoisotopic (exact) mass is 391 g/mol. The van der Waals surface area contributed by atoms with E-state index in [0.29, 0.717) is 5.56 Å². The van der Waals surface area contributed by atoms with Gasteiger partial charge in [0.05, 0.1) is 6.04 Å². The molecule has 6 heteroatoms. The first kappa shape index (κ1) is 18.5. The van der Waals surface area contributed by atoms with Crippen molar-refractivity contribution in [3.63, 3.8) is 0 Å². The van der Waals surface area contributed by atoms with E-state index >= 15 is 0 Å². The first-order valence-electron chi connectivity index (χ1n) is 10.5. The molecule has 2 aliphatic heterocycles. The molecule has 5 nitrogen and oxygen atoms in total. The van der Waals surface area contributed by atoms with Crippen LogP contribution in [0, 0.1) is 5.82 Å². The zero-order valence-corrected chi connectivity index (χ0v) is 16.5. The minimum absolute atomic E-state index is 0.173. The summed E-state index contributed by atoms with van der Waals surface area (Å²) in [6, 6.07) is 15.5. The smallest absolute Gasteiger partial charge is 0.150 e. The van der Waals surface area contributed by atoms with E-state index in [4.69, 9.17) is 0 Å². The maximum atomic E-state index is 14.5. The van der Waals surface area contributed by atoms with Crippen molar-refractivity contribution in [1.82, 2.24) is 25.0 Å². The third kappa shape index (κ3) is 3.58. The van der Waals surface area contributed by atoms with Crippen LogP contribution >= 0.6 is 0 Å². The highest BCUT2D eigenvalue weighted by atomic mass is 19.1. The van der Waals surface area contributed by atoms with E-state index in [0.717, 1.165) is 74.8 Å². The van der Waals surface area contributed by atoms with Gasteiger partial charge in [-0.1, -0.05) is 42.5 Å². The summed E-state index contributed by atoms with van der Waals surface area (Å²) in [5.41, 5.74) is 2.79. The van der Waals surface area contributed by atoms with Crippen LogP contribution in [-0.4, -0.2) is 39.3 Å². The molecule has 0 radical (unpaired) electrons. The third-order valence-corrected chi connectivity index (χ3v) is 6.11. The molecule has 1 fully saturated rings. The molecule has 0 aliphatic carbocycles. The Bertz CT molecular complexity index is 998. The molecule has 3 aromatic rings. The second-order valence-corrected chi connectivity index (χ2v) is 7.89. The van der Waals surface area contributed by atoms with E-state index in [1.807, 2.05) is 30.3 Å². The molecule has 1 saturated heterocycles. The molecular weight excluding hydrogens is 365 g/mol. The number of hydrogen-bond acceptors (Lipinski definition) is 4. The number of hydrogen-bond donors (Lipinski definition) is 1. The highest BCUT2D eigenvalue weighted by molar-refractivity contribution is 5.67. The van der Waals surface area contributed by atoms with Gasteiger partial charge in [0.25, 0.3) is 0 Å². The molecule has 1 N–H and O–H groups in total. The van der Waals surface area contributed by atoms with Gasteiger partial charge in [0.15, 0.2) is 0 Å². The standard InChI is InChI=1S/C23H26FN5/c24-20-9-4-3-8-19(20)18-7-2-1-6-17(18)16-28-14-5-10-21(28)23-27-26-22-11-12-25-13-15-29(22)23/h1-4,6-9,21,25H,5,10-16H2. The number of fused-ring (bicyclic) bond motifs is 1. The van der Waals surface area contributed by atoms with Gasteiger partial charge in [-0.05, 0) is 36.6 Å². The Morgan fingerprint density at radius 3 is 2.69 bits per heavy atom. The fourth-order valence-corrected chi connectivity index (χ4v) is 4.67. The molecular formula is C23H26FN5. The summed E-state index contributed by atoms with van der Waals surface area (Å²) in [6.07, 6.45) is 3.16. The van der Waals surface area contributed by atoms with Gasteiger partial charge >= 0.3 is 0 Å². The molecule has 2 aromatic carbocycles. The van der Waals surface area contributed by atoms with Crippen LogP contribution in [-0.2, 0) is 19.5 Å². The van der Waals surface area contributed by atoms with E-state index in [9.17, 15) is 4.39 Å². The van der Waals surface area contributed by atoms with Gasteiger partial charge in [-0.2, -0.15) is 0 Å². The summed E-state index contributed by atoms with van der Waals surface area (Å²) in [5, 5.41) is 12.5. The summed E-state index contributed by atoms with van der Waals surface area (Å²) < 4.78 is 16.8. The summed E-state index contributed by atoms with van der Waals surface area (Å²) >= 11 is 0. The zero-order valence-electron chi connectivity index (χ0n) is 16.5. The van der Waals surface area contributed by atoms with Crippen LogP contribution in [0.2, 0.25) is 0 Å². The molecule has 1 aromatic heterocycles. The molecule has 3 heterocycles. The SMILES string of the molecule is Fc1ccccc1-c1ccccc1CN1CCCC1c1nnc2n1CCNCC2. The highest BCUT2D eigenvalue weighted by Gasteiger charge is 2.31. The Balaban J connectivity index is 1.45. The molecule has 150 valence electrons. The lowest BCUT2D eigenvalue weighted by molar-refractivity contribution is 0.234. The first-order chi connectivity index (χ1) is 14.3. The van der Waals surface area contributed by atoms with Gasteiger partial charge in [0, 0.05) is 38.2 Å². The highest BCUT2D eigenvalue weighted by Crippen LogP contribution is 2.35. The topological polar surface area (TPSA) is 46.0 Å². The maximum Gasteiger partial charge on any atom is 0.150 e. The third-order valence-electron chi connectivity index (χ3n) is 6.11. The van der Waals surface area contributed by atoms with Crippen molar-refractivity contribution >= 4 is 0 Å². The fourth-order valence-electron chi connectivity index (χ4n) is 4.67. The minimum atomic E-state index is -0.173. The molecule has 29 heavy (non-hydrogen) atoms. The van der Waals surface area contributed by atoms with E-state index < -0.39 is 0 Å². The van der Waals surface area contributed by atoms with Crippen molar-refractivity contribution in [2.45, 2.75) is 38.4 Å². The van der Waals surface area contributed by atoms with Crippen molar-refractivity contribution in [3.05, 3.63) is 71.6 Å². The Morgan fingerprint density at radius 2 is 1.79 bits per heavy atom. The van der Waals surface area contributed by atoms with Gasteiger partial charge in [0.1, 0.15) is 17.5 Å². The van der Waals surface area contributed by atoms with Gasteiger partial charge < -0.3 is 9.88 Å². The normalized spacial score (nSPS) is 19.8. The number of nitrogens with one attached hydrogen (secondary N) is 1. The number of rotatable bonds is 4. The average molecular weight is 391 g/mol. The van der Waals surface area contributed by atoms with Crippen LogP contribution in [0.15, 0.2) is 48.5 Å². The Hall–Kier alpha value is -2.57. The van der Waals surface area contributed by atoms with Gasteiger partial charge in [-0.25, -0.2) is 4.39 Å². The van der Waals surface area contributed by atoms with Gasteiger partial charge in [0.2, 0.25) is 0 Å². The van der Waals surface area contributed by atoms with E-state index in [1.165, 1.54) is 6.07 Å². The number of aromatic nitrogens is 3. The van der Waals surface area contributed by atoms with Crippen LogP contribution in [0.5, 0.6) is 0 Å². The maximum absolute atomic E-state index is 14.5. The molecule has 1 unspecified atom stereocenters. The predicted octanol–water partition coefficient (Wildman–Crippen LogP) is 3.57. The lowest BCUT2D eigenvalue weighted by atomic mass is 9.98. The van der Waals surface area contributed by atoms with Crippen molar-refractivity contribution in [2.24, 2.45) is 0 Å². The molecule has 0 amide bonds. The van der Waals surface area contributed by atoms with Gasteiger partial charge in [-0.3, -0.25) is 4.90 Å². The van der Waals surface area contributed by atoms with Crippen LogP contribution in [0.3, 0.4) is 0 Å². The Morgan fingerprint density at radius 1 is 0.966 bits per heavy atom. The van der Waals surface area contributed by atoms with Gasteiger partial charge in [-0.15, -0.1) is 10.2 Å². The average Bonchev–Trinajstić information content (AvgIpc) is 3.28. The zero-order chi connectivity index (χ0) is 19.6. The lowest BCUT2D eigenvalue weighted by Gasteiger charge is -2.25. The quantitative estimate of drug-likeness (QED) is 0.739. The van der Waals surface area contributed by atoms with Crippen LogP contribution < -0.4 is 5.32 Å². The molecule has 0 saturated carbocycles. The van der Waals surface area contributed by atoms with Crippen molar-refractivity contribution < 1.29 is 4.39 Å². The summed E-state index contributed by atoms with van der Waals surface area (Å²) in [4.78, 5) is 2.48. The summed E-state index contributed by atoms with van der Waals surface area (Å²) in [6.45, 7) is 4.66. The van der Waals surface area contributed by atoms with E-state index in [2.05, 4.69) is 31.0 Å². The fraction of sp³-hybridized carbons (Fsp3) is 0.391. The second-order valence-electron chi connectivity index (χ2n) is 7.89. The van der Waals surface area contributed by atoms with Crippen LogP contribution in [0.1, 0.15) is 36.1 Å². The van der Waals surface area contributed by atoms with E-state index in [1.54, 1.807) is 6.07 Å². The number of halogens is 1. The lowest BCUT2D eigenvalue weighted by Crippen LogP contribution is -2.26. The number of likely N-dealkylation sites (tertiary alicyclic amines) is 1. The predicted molar refractivity (Wildman–Crippen MR) is 111 cm³/mol. The molecule has 0 spiro atoms. The number of nitrogens with zero attached hydrogens (tertiary/aromatic N) is 4.